The molecule has 62 heavy (non-hydrogen) atoms. The van der Waals surface area contributed by atoms with E-state index in [9.17, 15) is 9.59 Å². The van der Waals surface area contributed by atoms with Crippen LogP contribution < -0.4 is 28.4 Å². The van der Waals surface area contributed by atoms with Crippen molar-refractivity contribution in [2.24, 2.45) is 0 Å². The van der Waals surface area contributed by atoms with E-state index in [1.54, 1.807) is 56.5 Å². The molecule has 7 aromatic rings. The van der Waals surface area contributed by atoms with Gasteiger partial charge in [0.25, 0.3) is 0 Å². The molecule has 0 unspecified atom stereocenters. The van der Waals surface area contributed by atoms with Gasteiger partial charge in [0.15, 0.2) is 34.6 Å². The lowest BCUT2D eigenvalue weighted by atomic mass is 9.88. The molecule has 0 saturated heterocycles. The summed E-state index contributed by atoms with van der Waals surface area (Å²) < 4.78 is 40.7. The fourth-order valence-electron chi connectivity index (χ4n) is 9.28. The maximum Gasteiger partial charge on any atom is 0.203 e. The Morgan fingerprint density at radius 2 is 0.823 bits per heavy atom. The summed E-state index contributed by atoms with van der Waals surface area (Å²) in [6.07, 6.45) is 8.45. The molecule has 7 rings (SSSR count). The van der Waals surface area contributed by atoms with E-state index in [-0.39, 0.29) is 11.6 Å². The Balaban J connectivity index is 1.86. The van der Waals surface area contributed by atoms with Crippen LogP contribution in [-0.2, 0) is 13.1 Å². The molecule has 0 aliphatic heterocycles. The van der Waals surface area contributed by atoms with Crippen LogP contribution in [0.1, 0.15) is 99.8 Å². The van der Waals surface area contributed by atoms with E-state index in [2.05, 4.69) is 47.2 Å². The number of methoxy groups -OCH3 is 6. The van der Waals surface area contributed by atoms with Crippen molar-refractivity contribution in [3.05, 3.63) is 71.8 Å². The van der Waals surface area contributed by atoms with Crippen LogP contribution >= 0.6 is 0 Å². The number of aryl methyl sites for hydroxylation is 2. The quantitative estimate of drug-likeness (QED) is 0.0553. The van der Waals surface area contributed by atoms with Gasteiger partial charge in [-0.25, -0.2) is 0 Å². The largest absolute Gasteiger partial charge is 0.493 e. The van der Waals surface area contributed by atoms with Crippen LogP contribution in [0.25, 0.3) is 65.9 Å². The fourth-order valence-corrected chi connectivity index (χ4v) is 9.28. The molecule has 0 spiro atoms. The smallest absolute Gasteiger partial charge is 0.203 e. The van der Waals surface area contributed by atoms with E-state index in [4.69, 9.17) is 28.4 Å². The predicted molar refractivity (Wildman–Crippen MR) is 251 cm³/mol. The zero-order chi connectivity index (χ0) is 44.2. The van der Waals surface area contributed by atoms with Crippen molar-refractivity contribution in [3.8, 4) is 56.8 Å². The molecule has 0 radical (unpaired) electrons. The van der Waals surface area contributed by atoms with Crippen LogP contribution in [0, 0.1) is 0 Å². The molecule has 10 heteroatoms. The third-order valence-corrected chi connectivity index (χ3v) is 12.3. The number of fused-ring (bicyclic) bond motifs is 6. The van der Waals surface area contributed by atoms with Gasteiger partial charge in [0.1, 0.15) is 0 Å². The van der Waals surface area contributed by atoms with Crippen LogP contribution in [0.3, 0.4) is 0 Å². The Hall–Kier alpha value is -6.16. The lowest BCUT2D eigenvalue weighted by Crippen LogP contribution is -2.03. The Morgan fingerprint density at radius 1 is 0.468 bits per heavy atom. The summed E-state index contributed by atoms with van der Waals surface area (Å²) in [6, 6.07) is 20.3. The molecule has 0 saturated carbocycles. The first kappa shape index (κ1) is 43.9. The number of Topliss-reactive ketones (excluding diaryl/α,β-unsaturated/α-hetero) is 2. The third-order valence-electron chi connectivity index (χ3n) is 12.3. The summed E-state index contributed by atoms with van der Waals surface area (Å²) in [5.41, 5.74) is 8.88. The normalized spacial score (nSPS) is 11.5. The minimum atomic E-state index is -0.0159. The minimum absolute atomic E-state index is 0.0159. The third kappa shape index (κ3) is 7.69. The van der Waals surface area contributed by atoms with Gasteiger partial charge in [-0.1, -0.05) is 52.4 Å². The van der Waals surface area contributed by atoms with Crippen molar-refractivity contribution in [2.75, 3.05) is 42.7 Å². The van der Waals surface area contributed by atoms with E-state index >= 15 is 0 Å². The number of carbonyl (C=O) groups is 2. The highest BCUT2D eigenvalue weighted by atomic mass is 16.5. The summed E-state index contributed by atoms with van der Waals surface area (Å²) in [6.45, 7) is 9.13. The van der Waals surface area contributed by atoms with Gasteiger partial charge in [-0.2, -0.15) is 0 Å². The van der Waals surface area contributed by atoms with Crippen molar-refractivity contribution in [2.45, 2.75) is 92.2 Å². The molecule has 0 amide bonds. The average molecular weight is 841 g/mol. The van der Waals surface area contributed by atoms with Gasteiger partial charge in [0.05, 0.1) is 53.7 Å². The topological polar surface area (TPSA) is 99.4 Å². The molecule has 0 atom stereocenters. The number of benzene rings is 5. The molecule has 0 N–H and O–H groups in total. The molecule has 5 aromatic carbocycles. The monoisotopic (exact) mass is 840 g/mol. The fraction of sp³-hybridized carbons (Fsp3) is 0.385. The first-order valence-electron chi connectivity index (χ1n) is 21.8. The van der Waals surface area contributed by atoms with Crippen molar-refractivity contribution in [3.63, 3.8) is 0 Å². The van der Waals surface area contributed by atoms with Crippen molar-refractivity contribution >= 4 is 55.2 Å². The summed E-state index contributed by atoms with van der Waals surface area (Å²) >= 11 is 0. The van der Waals surface area contributed by atoms with Crippen LogP contribution in [-0.4, -0.2) is 63.4 Å². The van der Waals surface area contributed by atoms with Crippen LogP contribution in [0.2, 0.25) is 0 Å². The van der Waals surface area contributed by atoms with Gasteiger partial charge in [0.2, 0.25) is 11.5 Å². The summed E-state index contributed by atoms with van der Waals surface area (Å²) in [5, 5.41) is 3.87. The highest BCUT2D eigenvalue weighted by Gasteiger charge is 2.31. The molecule has 0 fully saturated rings. The summed E-state index contributed by atoms with van der Waals surface area (Å²) in [5.74, 6) is 3.04. The molecule has 2 aromatic heterocycles. The van der Waals surface area contributed by atoms with Crippen LogP contribution in [0.4, 0.5) is 0 Å². The lowest BCUT2D eigenvalue weighted by molar-refractivity contribution is 0.100. The Bertz CT molecular complexity index is 2570. The van der Waals surface area contributed by atoms with E-state index in [0.717, 1.165) is 130 Å². The standard InChI is InChI=1S/C52H60N2O8/c1-11-13-15-17-23-53-39-21-19-33(31(3)55)25-37(39)47-46(36-29-43(59-7)52(62-10)44(30-36)60-8)50-48(45(49(47)53)35-27-41(57-5)51(61-9)42(28-35)58-6)38-26-34(32(4)56)20-22-40(38)54(50)24-18-16-14-12-2/h19-22,25-30H,11-18,23-24H2,1-10H3. The number of ketones is 2. The van der Waals surface area contributed by atoms with Crippen molar-refractivity contribution < 1.29 is 38.0 Å². The lowest BCUT2D eigenvalue weighted by Gasteiger charge is -2.21. The van der Waals surface area contributed by atoms with E-state index in [0.29, 0.717) is 45.6 Å². The maximum absolute atomic E-state index is 13.3. The molecule has 10 nitrogen and oxygen atoms in total. The second kappa shape index (κ2) is 18.8. The molecule has 0 aliphatic rings. The maximum atomic E-state index is 13.3. The highest BCUT2D eigenvalue weighted by Crippen LogP contribution is 2.54. The van der Waals surface area contributed by atoms with Crippen LogP contribution in [0.5, 0.6) is 34.5 Å². The Labute approximate surface area is 364 Å². The second-order valence-electron chi connectivity index (χ2n) is 16.0. The molecule has 2 heterocycles. The van der Waals surface area contributed by atoms with Crippen LogP contribution in [0.15, 0.2) is 60.7 Å². The number of carbonyl (C=O) groups excluding carboxylic acids is 2. The summed E-state index contributed by atoms with van der Waals surface area (Å²) in [4.78, 5) is 26.6. The molecule has 326 valence electrons. The van der Waals surface area contributed by atoms with Gasteiger partial charge < -0.3 is 37.6 Å². The number of hydrogen-bond acceptors (Lipinski definition) is 8. The number of aromatic nitrogens is 2. The first-order valence-corrected chi connectivity index (χ1v) is 21.8. The van der Waals surface area contributed by atoms with Gasteiger partial charge >= 0.3 is 0 Å². The number of nitrogens with zero attached hydrogens (tertiary/aromatic N) is 2. The first-order chi connectivity index (χ1) is 30.1. The van der Waals surface area contributed by atoms with Gasteiger partial charge in [-0.15, -0.1) is 0 Å². The number of rotatable bonds is 20. The minimum Gasteiger partial charge on any atom is -0.493 e. The van der Waals surface area contributed by atoms with Gasteiger partial charge in [-0.05, 0) is 98.5 Å². The molecular weight excluding hydrogens is 781 g/mol. The Kier molecular flexibility index (Phi) is 13.3. The van der Waals surface area contributed by atoms with Crippen molar-refractivity contribution in [1.29, 1.82) is 0 Å². The van der Waals surface area contributed by atoms with Crippen molar-refractivity contribution in [1.82, 2.24) is 9.13 Å². The number of ether oxygens (including phenoxy) is 6. The molecule has 0 bridgehead atoms. The van der Waals surface area contributed by atoms with Gasteiger partial charge in [-0.3, -0.25) is 9.59 Å². The van der Waals surface area contributed by atoms with E-state index in [1.807, 2.05) is 36.4 Å². The second-order valence-corrected chi connectivity index (χ2v) is 16.0. The zero-order valence-corrected chi connectivity index (χ0v) is 38.0. The number of hydrogen-bond donors (Lipinski definition) is 0. The summed E-state index contributed by atoms with van der Waals surface area (Å²) in [7, 11) is 9.76. The van der Waals surface area contributed by atoms with E-state index in [1.165, 1.54) is 0 Å². The Morgan fingerprint density at radius 3 is 1.11 bits per heavy atom. The molecular formula is C52H60N2O8. The predicted octanol–water partition coefficient (Wildman–Crippen LogP) is 12.9. The molecule has 0 aliphatic carbocycles. The SMILES string of the molecule is CCCCCCn1c2ccc(C(C)=O)cc2c2c(-c3cc(OC)c(OC)c(OC)c3)c3c(c(-c4cc(OC)c(OC)c(OC)c4)c21)c1cc(C(C)=O)ccc1n3CCCCCC. The highest BCUT2D eigenvalue weighted by molar-refractivity contribution is 6.33. The zero-order valence-electron chi connectivity index (χ0n) is 38.0. The number of unbranched alkanes of at least 4 members (excludes halogenated alkanes) is 6. The van der Waals surface area contributed by atoms with Gasteiger partial charge in [0, 0.05) is 67.9 Å². The average Bonchev–Trinajstić information content (AvgIpc) is 3.78. The van der Waals surface area contributed by atoms with E-state index < -0.39 is 0 Å².